The average molecular weight is 464 g/mol. The minimum atomic E-state index is -0.307. The van der Waals surface area contributed by atoms with Crippen molar-refractivity contribution < 1.29 is 14.3 Å². The monoisotopic (exact) mass is 463 g/mol. The molecule has 1 atom stereocenters. The van der Waals surface area contributed by atoms with Gasteiger partial charge in [0.1, 0.15) is 23.9 Å². The molecule has 170 valence electrons. The van der Waals surface area contributed by atoms with Crippen LogP contribution >= 0.6 is 11.6 Å². The number of nitrogens with one attached hydrogen (secondary N) is 1. The summed E-state index contributed by atoms with van der Waals surface area (Å²) in [6.45, 7) is 4.95. The van der Waals surface area contributed by atoms with Crippen LogP contribution in [0.25, 0.3) is 11.0 Å². The number of aromatic nitrogens is 2. The maximum atomic E-state index is 12.5. The highest BCUT2D eigenvalue weighted by molar-refractivity contribution is 6.30. The van der Waals surface area contributed by atoms with Crippen LogP contribution < -0.4 is 14.8 Å². The largest absolute Gasteiger partial charge is 0.492 e. The topological polar surface area (TPSA) is 65.4 Å². The zero-order chi connectivity index (χ0) is 23.2. The molecule has 1 amide bonds. The van der Waals surface area contributed by atoms with Gasteiger partial charge < -0.3 is 19.4 Å². The number of halogens is 1. The van der Waals surface area contributed by atoms with Crippen LogP contribution in [0.1, 0.15) is 24.4 Å². The second-order valence-corrected chi connectivity index (χ2v) is 8.24. The number of nitrogens with zero attached hydrogens (tertiary/aromatic N) is 2. The molecule has 1 aromatic heterocycles. The lowest BCUT2D eigenvalue weighted by molar-refractivity contribution is -0.123. The van der Waals surface area contributed by atoms with Gasteiger partial charge in [0, 0.05) is 5.02 Å². The van der Waals surface area contributed by atoms with Crippen LogP contribution in [0.4, 0.5) is 0 Å². The molecule has 33 heavy (non-hydrogen) atoms. The maximum Gasteiger partial charge on any atom is 0.258 e. The Hall–Kier alpha value is -3.51. The van der Waals surface area contributed by atoms with Crippen molar-refractivity contribution in [1.29, 1.82) is 0 Å². The highest BCUT2D eigenvalue weighted by Gasteiger charge is 2.18. The van der Waals surface area contributed by atoms with Gasteiger partial charge in [-0.3, -0.25) is 4.79 Å². The summed E-state index contributed by atoms with van der Waals surface area (Å²) in [4.78, 5) is 17.3. The SMILES string of the molecule is Cc1ccc(OCCn2c(C(C)NC(=O)COc3ccc(Cl)cc3)nc3ccccc32)cc1. The molecule has 0 aliphatic carbocycles. The zero-order valence-corrected chi connectivity index (χ0v) is 19.4. The van der Waals surface area contributed by atoms with E-state index in [0.29, 0.717) is 23.9 Å². The molecular formula is C26H26ClN3O3. The Bertz CT molecular complexity index is 1220. The lowest BCUT2D eigenvalue weighted by atomic mass is 10.2. The predicted octanol–water partition coefficient (Wildman–Crippen LogP) is 5.33. The van der Waals surface area contributed by atoms with E-state index < -0.39 is 0 Å². The Labute approximate surface area is 198 Å². The number of rotatable bonds is 9. The number of carbonyl (C=O) groups is 1. The Morgan fingerprint density at radius 1 is 1.00 bits per heavy atom. The Morgan fingerprint density at radius 3 is 2.42 bits per heavy atom. The summed E-state index contributed by atoms with van der Waals surface area (Å²) < 4.78 is 13.6. The first kappa shape index (κ1) is 22.7. The first-order valence-electron chi connectivity index (χ1n) is 10.8. The standard InChI is InChI=1S/C26H26ClN3O3/c1-18-7-11-21(12-8-18)32-16-15-30-24-6-4-3-5-23(24)29-26(30)19(2)28-25(31)17-33-22-13-9-20(27)10-14-22/h3-14,19H,15-17H2,1-2H3,(H,28,31). The van der Waals surface area contributed by atoms with E-state index in [-0.39, 0.29) is 18.6 Å². The molecule has 3 aromatic carbocycles. The maximum absolute atomic E-state index is 12.5. The van der Waals surface area contributed by atoms with E-state index in [0.717, 1.165) is 22.6 Å². The van der Waals surface area contributed by atoms with Crippen LogP contribution in [-0.4, -0.2) is 28.7 Å². The highest BCUT2D eigenvalue weighted by Crippen LogP contribution is 2.21. The molecule has 0 aliphatic rings. The Balaban J connectivity index is 1.42. The van der Waals surface area contributed by atoms with Crippen LogP contribution in [-0.2, 0) is 11.3 Å². The summed E-state index contributed by atoms with van der Waals surface area (Å²) in [7, 11) is 0. The lowest BCUT2D eigenvalue weighted by Crippen LogP contribution is -2.33. The normalized spacial score (nSPS) is 11.8. The molecule has 4 aromatic rings. The molecule has 1 unspecified atom stereocenters. The Morgan fingerprint density at radius 2 is 1.67 bits per heavy atom. The van der Waals surface area contributed by atoms with Gasteiger partial charge in [-0.1, -0.05) is 41.4 Å². The van der Waals surface area contributed by atoms with Crippen molar-refractivity contribution in [1.82, 2.24) is 14.9 Å². The van der Waals surface area contributed by atoms with Crippen LogP contribution in [0.5, 0.6) is 11.5 Å². The molecule has 6 nitrogen and oxygen atoms in total. The highest BCUT2D eigenvalue weighted by atomic mass is 35.5. The van der Waals surface area contributed by atoms with Crippen molar-refractivity contribution in [3.05, 3.63) is 89.2 Å². The molecule has 0 fully saturated rings. The summed E-state index contributed by atoms with van der Waals surface area (Å²) >= 11 is 5.88. The fraction of sp³-hybridized carbons (Fsp3) is 0.231. The predicted molar refractivity (Wildman–Crippen MR) is 130 cm³/mol. The third-order valence-electron chi connectivity index (χ3n) is 5.24. The van der Waals surface area contributed by atoms with Crippen LogP contribution in [0.3, 0.4) is 0 Å². The smallest absolute Gasteiger partial charge is 0.258 e. The summed E-state index contributed by atoms with van der Waals surface area (Å²) in [5.74, 6) is 1.95. The number of hydrogen-bond acceptors (Lipinski definition) is 4. The van der Waals surface area contributed by atoms with Crippen LogP contribution in [0.15, 0.2) is 72.8 Å². The minimum absolute atomic E-state index is 0.0945. The molecule has 0 radical (unpaired) electrons. The fourth-order valence-corrected chi connectivity index (χ4v) is 3.70. The molecule has 0 saturated carbocycles. The summed E-state index contributed by atoms with van der Waals surface area (Å²) in [5.41, 5.74) is 3.06. The van der Waals surface area contributed by atoms with Crippen LogP contribution in [0, 0.1) is 6.92 Å². The first-order chi connectivity index (χ1) is 16.0. The van der Waals surface area contributed by atoms with Gasteiger partial charge in [0.15, 0.2) is 6.61 Å². The minimum Gasteiger partial charge on any atom is -0.492 e. The van der Waals surface area contributed by atoms with Gasteiger partial charge in [0.25, 0.3) is 5.91 Å². The van der Waals surface area contributed by atoms with Gasteiger partial charge in [-0.25, -0.2) is 4.98 Å². The lowest BCUT2D eigenvalue weighted by Gasteiger charge is -2.17. The van der Waals surface area contributed by atoms with Crippen LogP contribution in [0.2, 0.25) is 5.02 Å². The number of ether oxygens (including phenoxy) is 2. The van der Waals surface area contributed by atoms with Crippen molar-refractivity contribution in [2.45, 2.75) is 26.4 Å². The number of carbonyl (C=O) groups excluding carboxylic acids is 1. The molecular weight excluding hydrogens is 438 g/mol. The molecule has 0 aliphatic heterocycles. The fourth-order valence-electron chi connectivity index (χ4n) is 3.58. The van der Waals surface area contributed by atoms with E-state index >= 15 is 0 Å². The van der Waals surface area contributed by atoms with Gasteiger partial charge in [-0.15, -0.1) is 0 Å². The van der Waals surface area contributed by atoms with E-state index in [1.54, 1.807) is 24.3 Å². The molecule has 1 heterocycles. The molecule has 4 rings (SSSR count). The first-order valence-corrected chi connectivity index (χ1v) is 11.2. The number of hydrogen-bond donors (Lipinski definition) is 1. The number of imidazole rings is 1. The molecule has 1 N–H and O–H groups in total. The summed E-state index contributed by atoms with van der Waals surface area (Å²) in [6.07, 6.45) is 0. The van der Waals surface area contributed by atoms with E-state index in [1.165, 1.54) is 5.56 Å². The van der Waals surface area contributed by atoms with Crippen molar-refractivity contribution in [3.63, 3.8) is 0 Å². The van der Waals surface area contributed by atoms with Gasteiger partial charge in [-0.05, 0) is 62.4 Å². The van der Waals surface area contributed by atoms with Gasteiger partial charge in [0.2, 0.25) is 0 Å². The third-order valence-corrected chi connectivity index (χ3v) is 5.49. The van der Waals surface area contributed by atoms with Gasteiger partial charge in [-0.2, -0.15) is 0 Å². The zero-order valence-electron chi connectivity index (χ0n) is 18.6. The molecule has 7 heteroatoms. The molecule has 0 bridgehead atoms. The second-order valence-electron chi connectivity index (χ2n) is 7.80. The number of fused-ring (bicyclic) bond motifs is 1. The van der Waals surface area contributed by atoms with Crippen molar-refractivity contribution in [3.8, 4) is 11.5 Å². The van der Waals surface area contributed by atoms with E-state index in [9.17, 15) is 4.79 Å². The third kappa shape index (κ3) is 5.84. The number of amides is 1. The van der Waals surface area contributed by atoms with Gasteiger partial charge in [0.05, 0.1) is 23.6 Å². The van der Waals surface area contributed by atoms with E-state index in [2.05, 4.69) is 9.88 Å². The van der Waals surface area contributed by atoms with E-state index in [1.807, 2.05) is 62.4 Å². The average Bonchev–Trinajstić information content (AvgIpc) is 3.19. The van der Waals surface area contributed by atoms with Gasteiger partial charge >= 0.3 is 0 Å². The van der Waals surface area contributed by atoms with Crippen molar-refractivity contribution in [2.75, 3.05) is 13.2 Å². The number of para-hydroxylation sites is 2. The van der Waals surface area contributed by atoms with Crippen molar-refractivity contribution in [2.24, 2.45) is 0 Å². The number of aryl methyl sites for hydroxylation is 1. The Kier molecular flexibility index (Phi) is 7.15. The van der Waals surface area contributed by atoms with Crippen molar-refractivity contribution >= 4 is 28.5 Å². The second kappa shape index (κ2) is 10.4. The quantitative estimate of drug-likeness (QED) is 0.364. The summed E-state index contributed by atoms with van der Waals surface area (Å²) in [6, 6.07) is 22.5. The van der Waals surface area contributed by atoms with E-state index in [4.69, 9.17) is 26.1 Å². The number of benzene rings is 3. The summed E-state index contributed by atoms with van der Waals surface area (Å²) in [5, 5.41) is 3.60. The molecule has 0 saturated heterocycles. The molecule has 0 spiro atoms.